The van der Waals surface area contributed by atoms with Gasteiger partial charge in [0.25, 0.3) is 5.91 Å². The van der Waals surface area contributed by atoms with Gasteiger partial charge in [-0.2, -0.15) is 0 Å². The molecule has 1 amide bonds. The first kappa shape index (κ1) is 21.0. The van der Waals surface area contributed by atoms with Crippen molar-refractivity contribution in [2.75, 3.05) is 11.9 Å². The van der Waals surface area contributed by atoms with Gasteiger partial charge in [0.15, 0.2) is 12.7 Å². The fraction of sp³-hybridized carbons (Fsp3) is 0.222. The maximum absolute atomic E-state index is 12.8. The molecule has 28 heavy (non-hydrogen) atoms. The van der Waals surface area contributed by atoms with E-state index in [-0.39, 0.29) is 11.4 Å². The van der Waals surface area contributed by atoms with Crippen LogP contribution in [0.15, 0.2) is 48.5 Å². The van der Waals surface area contributed by atoms with Gasteiger partial charge in [-0.05, 0) is 55.5 Å². The predicted molar refractivity (Wildman–Crippen MR) is 89.2 cm³/mol. The standard InChI is InChI=1S/C18H15F4NO5/c1-11(27-16(24)10-26-14-6-2-12(19)3-7-14)17(25)23-13-4-8-15(9-5-13)28-18(20,21)22/h2-9,11H,10H2,1H3,(H,23,25)/t11-/m0/s1. The molecular weight excluding hydrogens is 386 g/mol. The third kappa shape index (κ3) is 7.14. The summed E-state index contributed by atoms with van der Waals surface area (Å²) in [5.74, 6) is -2.18. The smallest absolute Gasteiger partial charge is 0.482 e. The summed E-state index contributed by atoms with van der Waals surface area (Å²) < 4.78 is 62.8. The topological polar surface area (TPSA) is 73.9 Å². The summed E-state index contributed by atoms with van der Waals surface area (Å²) in [4.78, 5) is 23.7. The van der Waals surface area contributed by atoms with Crippen molar-refractivity contribution in [3.63, 3.8) is 0 Å². The van der Waals surface area contributed by atoms with Crippen LogP contribution in [0.1, 0.15) is 6.92 Å². The number of hydrogen-bond acceptors (Lipinski definition) is 5. The van der Waals surface area contributed by atoms with Crippen LogP contribution in [-0.2, 0) is 14.3 Å². The van der Waals surface area contributed by atoms with E-state index in [0.717, 1.165) is 24.3 Å². The second-order valence-electron chi connectivity index (χ2n) is 5.44. The lowest BCUT2D eigenvalue weighted by Crippen LogP contribution is -2.31. The van der Waals surface area contributed by atoms with Gasteiger partial charge in [-0.3, -0.25) is 4.79 Å². The number of rotatable bonds is 7. The summed E-state index contributed by atoms with van der Waals surface area (Å²) in [5.41, 5.74) is 0.185. The summed E-state index contributed by atoms with van der Waals surface area (Å²) in [6.07, 6.45) is -6.00. The van der Waals surface area contributed by atoms with Gasteiger partial charge in [0.05, 0.1) is 0 Å². The molecule has 2 rings (SSSR count). The molecule has 0 spiro atoms. The second kappa shape index (κ2) is 9.07. The minimum absolute atomic E-state index is 0.185. The van der Waals surface area contributed by atoms with Crippen molar-refractivity contribution in [2.45, 2.75) is 19.4 Å². The zero-order chi connectivity index (χ0) is 20.7. The highest BCUT2D eigenvalue weighted by Gasteiger charge is 2.31. The molecule has 0 bridgehead atoms. The van der Waals surface area contributed by atoms with Gasteiger partial charge < -0.3 is 19.5 Å². The summed E-state index contributed by atoms with van der Waals surface area (Å²) in [7, 11) is 0. The second-order valence-corrected chi connectivity index (χ2v) is 5.44. The van der Waals surface area contributed by atoms with E-state index >= 15 is 0 Å². The Labute approximate surface area is 157 Å². The number of benzene rings is 2. The number of carbonyl (C=O) groups is 2. The largest absolute Gasteiger partial charge is 0.573 e. The van der Waals surface area contributed by atoms with Crippen LogP contribution in [0.5, 0.6) is 11.5 Å². The van der Waals surface area contributed by atoms with E-state index in [0.29, 0.717) is 0 Å². The van der Waals surface area contributed by atoms with Crippen LogP contribution < -0.4 is 14.8 Å². The lowest BCUT2D eigenvalue weighted by atomic mass is 10.3. The molecule has 0 aliphatic carbocycles. The van der Waals surface area contributed by atoms with Crippen molar-refractivity contribution in [1.82, 2.24) is 0 Å². The molecule has 0 radical (unpaired) electrons. The molecule has 2 aromatic rings. The van der Waals surface area contributed by atoms with Gasteiger partial charge in [0.1, 0.15) is 17.3 Å². The molecule has 1 atom stereocenters. The molecule has 2 aromatic carbocycles. The van der Waals surface area contributed by atoms with Gasteiger partial charge in [0, 0.05) is 5.69 Å². The highest BCUT2D eigenvalue weighted by Crippen LogP contribution is 2.24. The minimum atomic E-state index is -4.82. The normalized spacial score (nSPS) is 12.0. The van der Waals surface area contributed by atoms with Crippen LogP contribution in [0.25, 0.3) is 0 Å². The Kier molecular flexibility index (Phi) is 6.80. The van der Waals surface area contributed by atoms with E-state index in [1.165, 1.54) is 31.2 Å². The number of nitrogens with one attached hydrogen (secondary N) is 1. The Morgan fingerprint density at radius 2 is 1.57 bits per heavy atom. The molecule has 0 unspecified atom stereocenters. The molecule has 10 heteroatoms. The Hall–Kier alpha value is -3.30. The molecule has 0 heterocycles. The molecule has 1 N–H and O–H groups in total. The monoisotopic (exact) mass is 401 g/mol. The molecule has 0 fully saturated rings. The quantitative estimate of drug-likeness (QED) is 0.566. The average molecular weight is 401 g/mol. The van der Waals surface area contributed by atoms with Crippen LogP contribution in [0.4, 0.5) is 23.2 Å². The van der Waals surface area contributed by atoms with E-state index < -0.39 is 42.5 Å². The SMILES string of the molecule is C[C@H](OC(=O)COc1ccc(F)cc1)C(=O)Nc1ccc(OC(F)(F)F)cc1. The van der Waals surface area contributed by atoms with Crippen molar-refractivity contribution < 1.29 is 41.4 Å². The number of alkyl halides is 3. The van der Waals surface area contributed by atoms with E-state index in [1.807, 2.05) is 0 Å². The summed E-state index contributed by atoms with van der Waals surface area (Å²) >= 11 is 0. The highest BCUT2D eigenvalue weighted by molar-refractivity contribution is 5.95. The van der Waals surface area contributed by atoms with Crippen molar-refractivity contribution in [2.24, 2.45) is 0 Å². The van der Waals surface area contributed by atoms with Gasteiger partial charge in [-0.1, -0.05) is 0 Å². The van der Waals surface area contributed by atoms with E-state index in [4.69, 9.17) is 9.47 Å². The molecule has 0 aliphatic rings. The number of halogens is 4. The number of esters is 1. The van der Waals surface area contributed by atoms with Crippen molar-refractivity contribution in [3.05, 3.63) is 54.3 Å². The van der Waals surface area contributed by atoms with Crippen LogP contribution in [0.3, 0.4) is 0 Å². The minimum Gasteiger partial charge on any atom is -0.482 e. The summed E-state index contributed by atoms with van der Waals surface area (Å²) in [5, 5.41) is 2.38. The van der Waals surface area contributed by atoms with E-state index in [2.05, 4.69) is 10.1 Å². The van der Waals surface area contributed by atoms with Crippen molar-refractivity contribution in [3.8, 4) is 11.5 Å². The third-order valence-electron chi connectivity index (χ3n) is 3.20. The first-order valence-corrected chi connectivity index (χ1v) is 7.87. The molecule has 0 saturated carbocycles. The summed E-state index contributed by atoms with van der Waals surface area (Å²) in [6.45, 7) is 0.818. The van der Waals surface area contributed by atoms with E-state index in [1.54, 1.807) is 0 Å². The van der Waals surface area contributed by atoms with Gasteiger partial charge in [-0.15, -0.1) is 13.2 Å². The lowest BCUT2D eigenvalue weighted by Gasteiger charge is -2.14. The van der Waals surface area contributed by atoms with Crippen LogP contribution in [0.2, 0.25) is 0 Å². The van der Waals surface area contributed by atoms with E-state index in [9.17, 15) is 27.2 Å². The number of amides is 1. The molecular formula is C18H15F4NO5. The van der Waals surface area contributed by atoms with Crippen molar-refractivity contribution in [1.29, 1.82) is 0 Å². The van der Waals surface area contributed by atoms with Gasteiger partial charge >= 0.3 is 12.3 Å². The lowest BCUT2D eigenvalue weighted by molar-refractivity contribution is -0.274. The zero-order valence-corrected chi connectivity index (χ0v) is 14.5. The van der Waals surface area contributed by atoms with Crippen LogP contribution in [0, 0.1) is 5.82 Å². The molecule has 0 aliphatic heterocycles. The molecule has 0 saturated heterocycles. The maximum Gasteiger partial charge on any atom is 0.573 e. The fourth-order valence-electron chi connectivity index (χ4n) is 1.94. The molecule has 6 nitrogen and oxygen atoms in total. The first-order valence-electron chi connectivity index (χ1n) is 7.87. The first-order chi connectivity index (χ1) is 13.1. The third-order valence-corrected chi connectivity index (χ3v) is 3.20. The van der Waals surface area contributed by atoms with Crippen LogP contribution in [-0.4, -0.2) is 30.9 Å². The highest BCUT2D eigenvalue weighted by atomic mass is 19.4. The van der Waals surface area contributed by atoms with Gasteiger partial charge in [-0.25, -0.2) is 9.18 Å². The molecule has 150 valence electrons. The zero-order valence-electron chi connectivity index (χ0n) is 14.5. The summed E-state index contributed by atoms with van der Waals surface area (Å²) in [6, 6.07) is 9.41. The Balaban J connectivity index is 1.80. The van der Waals surface area contributed by atoms with Gasteiger partial charge in [0.2, 0.25) is 0 Å². The number of ether oxygens (including phenoxy) is 3. The number of carbonyl (C=O) groups excluding carboxylic acids is 2. The Morgan fingerprint density at radius 1 is 1.00 bits per heavy atom. The Bertz CT molecular complexity index is 806. The number of hydrogen-bond donors (Lipinski definition) is 1. The fourth-order valence-corrected chi connectivity index (χ4v) is 1.94. The Morgan fingerprint density at radius 3 is 2.14 bits per heavy atom. The van der Waals surface area contributed by atoms with Crippen LogP contribution >= 0.6 is 0 Å². The van der Waals surface area contributed by atoms with Crippen molar-refractivity contribution >= 4 is 17.6 Å². The average Bonchev–Trinajstić information content (AvgIpc) is 2.61. The maximum atomic E-state index is 12.8. The molecule has 0 aromatic heterocycles. The predicted octanol–water partition coefficient (Wildman–Crippen LogP) is 3.67. The number of anilines is 1.